The van der Waals surface area contributed by atoms with Crippen LogP contribution in [-0.4, -0.2) is 38.9 Å². The van der Waals surface area contributed by atoms with E-state index in [-0.39, 0.29) is 0 Å². The van der Waals surface area contributed by atoms with E-state index >= 15 is 0 Å². The summed E-state index contributed by atoms with van der Waals surface area (Å²) in [4.78, 5) is 11.1. The van der Waals surface area contributed by atoms with Crippen molar-refractivity contribution in [2.45, 2.75) is 44.7 Å². The van der Waals surface area contributed by atoms with Gasteiger partial charge >= 0.3 is 0 Å². The molecule has 1 aromatic carbocycles. The molecular formula is C22H26N6. The number of piperidine rings is 1. The van der Waals surface area contributed by atoms with Crippen LogP contribution < -0.4 is 10.2 Å². The first-order chi connectivity index (χ1) is 13.9. The van der Waals surface area contributed by atoms with E-state index in [9.17, 15) is 0 Å². The van der Waals surface area contributed by atoms with Crippen molar-refractivity contribution in [2.24, 2.45) is 0 Å². The van der Waals surface area contributed by atoms with Gasteiger partial charge in [0.1, 0.15) is 12.7 Å². The van der Waals surface area contributed by atoms with Crippen molar-refractivity contribution in [3.05, 3.63) is 65.9 Å². The van der Waals surface area contributed by atoms with Crippen LogP contribution in [0.1, 0.15) is 36.0 Å². The number of nitrogens with one attached hydrogen (secondary N) is 1. The van der Waals surface area contributed by atoms with E-state index in [2.05, 4.69) is 49.5 Å². The Labute approximate surface area is 165 Å². The van der Waals surface area contributed by atoms with Crippen LogP contribution in [0, 0.1) is 0 Å². The van der Waals surface area contributed by atoms with Crippen molar-refractivity contribution in [1.82, 2.24) is 25.1 Å². The van der Waals surface area contributed by atoms with Gasteiger partial charge in [0.25, 0.3) is 0 Å². The number of aromatic nitrogens is 4. The van der Waals surface area contributed by atoms with Crippen molar-refractivity contribution in [1.29, 1.82) is 0 Å². The fraction of sp³-hybridized carbons (Fsp3) is 0.409. The zero-order valence-corrected chi connectivity index (χ0v) is 16.1. The Kier molecular flexibility index (Phi) is 4.79. The number of benzene rings is 1. The number of anilines is 1. The van der Waals surface area contributed by atoms with Gasteiger partial charge in [-0.3, -0.25) is 0 Å². The van der Waals surface area contributed by atoms with Gasteiger partial charge in [0.2, 0.25) is 0 Å². The average molecular weight is 374 g/mol. The lowest BCUT2D eigenvalue weighted by molar-refractivity contribution is 0.413. The smallest absolute Gasteiger partial charge is 0.159 e. The molecule has 0 saturated carbocycles. The van der Waals surface area contributed by atoms with Gasteiger partial charge in [-0.05, 0) is 61.4 Å². The molecule has 2 aliphatic rings. The molecule has 0 radical (unpaired) electrons. The van der Waals surface area contributed by atoms with E-state index in [0.29, 0.717) is 6.04 Å². The molecule has 144 valence electrons. The summed E-state index contributed by atoms with van der Waals surface area (Å²) >= 11 is 0. The zero-order valence-electron chi connectivity index (χ0n) is 16.1. The van der Waals surface area contributed by atoms with E-state index < -0.39 is 0 Å². The Bertz CT molecular complexity index is 928. The molecule has 5 rings (SSSR count). The van der Waals surface area contributed by atoms with Crippen LogP contribution in [0.25, 0.3) is 5.82 Å². The predicted octanol–water partition coefficient (Wildman–Crippen LogP) is 2.91. The zero-order chi connectivity index (χ0) is 18.8. The van der Waals surface area contributed by atoms with Crippen LogP contribution in [0.4, 0.5) is 5.69 Å². The van der Waals surface area contributed by atoms with Gasteiger partial charge in [0, 0.05) is 43.1 Å². The molecule has 1 saturated heterocycles. The Morgan fingerprint density at radius 2 is 1.96 bits per heavy atom. The van der Waals surface area contributed by atoms with Crippen molar-refractivity contribution < 1.29 is 0 Å². The minimum Gasteiger partial charge on any atom is -0.371 e. The van der Waals surface area contributed by atoms with Gasteiger partial charge in [0.05, 0.1) is 0 Å². The summed E-state index contributed by atoms with van der Waals surface area (Å²) in [6.45, 7) is 3.02. The average Bonchev–Trinajstić information content (AvgIpc) is 3.44. The number of hydrogen-bond acceptors (Lipinski definition) is 5. The number of pyridine rings is 1. The number of fused-ring (bicyclic) bond motifs is 1. The molecule has 3 heterocycles. The third-order valence-electron chi connectivity index (χ3n) is 6.03. The lowest BCUT2D eigenvalue weighted by Crippen LogP contribution is -2.42. The first-order valence-corrected chi connectivity index (χ1v) is 10.3. The van der Waals surface area contributed by atoms with Gasteiger partial charge in [0.15, 0.2) is 5.82 Å². The minimum absolute atomic E-state index is 0.537. The first kappa shape index (κ1) is 17.4. The SMILES string of the molecule is c1cnc(-n2cncn2)c(CNC2CCN(c3ccc4c(c3)CCC4)CC2)c1. The third-order valence-corrected chi connectivity index (χ3v) is 6.03. The molecule has 0 amide bonds. The quantitative estimate of drug-likeness (QED) is 0.744. The Balaban J connectivity index is 1.19. The number of nitrogens with zero attached hydrogens (tertiary/aromatic N) is 5. The molecule has 0 unspecified atom stereocenters. The van der Waals surface area contributed by atoms with E-state index in [4.69, 9.17) is 0 Å². The Morgan fingerprint density at radius 1 is 1.07 bits per heavy atom. The van der Waals surface area contributed by atoms with Crippen molar-refractivity contribution >= 4 is 5.69 Å². The molecule has 6 nitrogen and oxygen atoms in total. The van der Waals surface area contributed by atoms with E-state index in [1.807, 2.05) is 6.07 Å². The second kappa shape index (κ2) is 7.72. The van der Waals surface area contributed by atoms with Crippen LogP contribution in [0.15, 0.2) is 49.2 Å². The molecule has 0 bridgehead atoms. The van der Waals surface area contributed by atoms with Crippen molar-refractivity contribution in [2.75, 3.05) is 18.0 Å². The highest BCUT2D eigenvalue weighted by atomic mass is 15.3. The van der Waals surface area contributed by atoms with Gasteiger partial charge in [-0.2, -0.15) is 5.10 Å². The molecule has 2 aromatic heterocycles. The molecule has 0 atom stereocenters. The third kappa shape index (κ3) is 3.52. The fourth-order valence-corrected chi connectivity index (χ4v) is 4.44. The van der Waals surface area contributed by atoms with Crippen molar-refractivity contribution in [3.63, 3.8) is 0 Å². The summed E-state index contributed by atoms with van der Waals surface area (Å²) in [5.74, 6) is 0.850. The molecule has 28 heavy (non-hydrogen) atoms. The van der Waals surface area contributed by atoms with Crippen LogP contribution in [0.3, 0.4) is 0 Å². The summed E-state index contributed by atoms with van der Waals surface area (Å²) < 4.78 is 1.73. The number of rotatable bonds is 5. The summed E-state index contributed by atoms with van der Waals surface area (Å²) in [5, 5.41) is 7.94. The summed E-state index contributed by atoms with van der Waals surface area (Å²) in [5.41, 5.74) is 5.67. The molecule has 0 spiro atoms. The minimum atomic E-state index is 0.537. The molecule has 1 fully saturated rings. The monoisotopic (exact) mass is 374 g/mol. The highest BCUT2D eigenvalue weighted by molar-refractivity contribution is 5.52. The Morgan fingerprint density at radius 3 is 2.82 bits per heavy atom. The molecule has 1 N–H and O–H groups in total. The van der Waals surface area contributed by atoms with Crippen LogP contribution in [0.5, 0.6) is 0 Å². The van der Waals surface area contributed by atoms with Gasteiger partial charge in [-0.15, -0.1) is 0 Å². The van der Waals surface area contributed by atoms with Gasteiger partial charge in [-0.25, -0.2) is 14.6 Å². The van der Waals surface area contributed by atoms with E-state index in [1.165, 1.54) is 24.9 Å². The largest absolute Gasteiger partial charge is 0.371 e. The maximum atomic E-state index is 4.48. The maximum absolute atomic E-state index is 4.48. The summed E-state index contributed by atoms with van der Waals surface area (Å²) in [7, 11) is 0. The summed E-state index contributed by atoms with van der Waals surface area (Å²) in [6, 6.07) is 11.7. The molecule has 1 aliphatic heterocycles. The Hall–Kier alpha value is -2.73. The molecular weight excluding hydrogens is 348 g/mol. The fourth-order valence-electron chi connectivity index (χ4n) is 4.44. The number of aryl methyl sites for hydroxylation is 2. The van der Waals surface area contributed by atoms with E-state index in [0.717, 1.165) is 43.9 Å². The molecule has 1 aliphatic carbocycles. The highest BCUT2D eigenvalue weighted by Crippen LogP contribution is 2.28. The second-order valence-corrected chi connectivity index (χ2v) is 7.77. The van der Waals surface area contributed by atoms with Gasteiger partial charge in [-0.1, -0.05) is 12.1 Å². The molecule has 6 heteroatoms. The van der Waals surface area contributed by atoms with Crippen LogP contribution in [0.2, 0.25) is 0 Å². The van der Waals surface area contributed by atoms with Crippen molar-refractivity contribution in [3.8, 4) is 5.82 Å². The maximum Gasteiger partial charge on any atom is 0.159 e. The normalized spacial score (nSPS) is 17.1. The lowest BCUT2D eigenvalue weighted by Gasteiger charge is -2.34. The van der Waals surface area contributed by atoms with Crippen LogP contribution >= 0.6 is 0 Å². The highest BCUT2D eigenvalue weighted by Gasteiger charge is 2.21. The topological polar surface area (TPSA) is 58.9 Å². The predicted molar refractivity (Wildman–Crippen MR) is 110 cm³/mol. The van der Waals surface area contributed by atoms with E-state index in [1.54, 1.807) is 34.7 Å². The first-order valence-electron chi connectivity index (χ1n) is 10.3. The summed E-state index contributed by atoms with van der Waals surface area (Å²) in [6.07, 6.45) is 11.2. The number of hydrogen-bond donors (Lipinski definition) is 1. The second-order valence-electron chi connectivity index (χ2n) is 7.77. The lowest BCUT2D eigenvalue weighted by atomic mass is 10.0. The standard InChI is InChI=1S/C22H26N6/c1-3-17-6-7-21(13-18(17)4-1)27-11-8-20(9-12-27)25-14-19-5-2-10-24-22(19)28-16-23-15-26-28/h2,5-7,10,13,15-16,20,25H,1,3-4,8-9,11-12,14H2. The molecule has 3 aromatic rings. The van der Waals surface area contributed by atoms with Crippen LogP contribution in [-0.2, 0) is 19.4 Å². The van der Waals surface area contributed by atoms with Gasteiger partial charge < -0.3 is 10.2 Å².